The van der Waals surface area contributed by atoms with E-state index in [-0.39, 0.29) is 29.0 Å². The molecule has 1 aliphatic rings. The van der Waals surface area contributed by atoms with Crippen LogP contribution in [0.4, 0.5) is 5.69 Å². The molecule has 1 heterocycles. The van der Waals surface area contributed by atoms with Crippen molar-refractivity contribution >= 4 is 21.6 Å². The van der Waals surface area contributed by atoms with Crippen LogP contribution in [0.5, 0.6) is 5.75 Å². The zero-order chi connectivity index (χ0) is 21.6. The molecule has 0 unspecified atom stereocenters. The Hall–Kier alpha value is -2.84. The maximum atomic E-state index is 13.4. The molecule has 2 aromatic rings. The summed E-state index contributed by atoms with van der Waals surface area (Å²) in [4.78, 5) is 12.5. The van der Waals surface area contributed by atoms with Crippen LogP contribution in [0.3, 0.4) is 0 Å². The van der Waals surface area contributed by atoms with E-state index in [2.05, 4.69) is 11.9 Å². The molecule has 1 saturated heterocycles. The molecule has 0 aliphatic carbocycles. The number of sulfonamides is 1. The number of ether oxygens (including phenoxy) is 2. The molecule has 0 saturated carbocycles. The second kappa shape index (κ2) is 9.77. The van der Waals surface area contributed by atoms with Crippen LogP contribution in [0.2, 0.25) is 0 Å². The van der Waals surface area contributed by atoms with Crippen molar-refractivity contribution in [2.24, 2.45) is 0 Å². The molecule has 2 aromatic carbocycles. The molecule has 0 spiro atoms. The first-order valence-electron chi connectivity index (χ1n) is 9.74. The van der Waals surface area contributed by atoms with Crippen molar-refractivity contribution in [3.05, 3.63) is 66.7 Å². The van der Waals surface area contributed by atoms with Crippen molar-refractivity contribution in [2.45, 2.75) is 23.8 Å². The maximum absolute atomic E-state index is 13.4. The van der Waals surface area contributed by atoms with E-state index in [0.29, 0.717) is 24.6 Å². The van der Waals surface area contributed by atoms with Gasteiger partial charge in [0.25, 0.3) is 15.9 Å². The predicted octanol–water partition coefficient (Wildman–Crippen LogP) is 2.99. The molecule has 0 radical (unpaired) electrons. The average molecular weight is 431 g/mol. The van der Waals surface area contributed by atoms with Gasteiger partial charge in [-0.1, -0.05) is 24.3 Å². The molecular weight excluding hydrogens is 404 g/mol. The molecule has 1 atom stereocenters. The zero-order valence-electron chi connectivity index (χ0n) is 16.9. The van der Waals surface area contributed by atoms with E-state index in [1.165, 1.54) is 29.6 Å². The van der Waals surface area contributed by atoms with Gasteiger partial charge < -0.3 is 14.8 Å². The van der Waals surface area contributed by atoms with Crippen LogP contribution in [-0.2, 0) is 14.8 Å². The van der Waals surface area contributed by atoms with E-state index in [9.17, 15) is 13.2 Å². The van der Waals surface area contributed by atoms with Gasteiger partial charge in [-0.2, -0.15) is 0 Å². The van der Waals surface area contributed by atoms with Crippen LogP contribution < -0.4 is 14.4 Å². The maximum Gasteiger partial charge on any atom is 0.264 e. The lowest BCUT2D eigenvalue weighted by molar-refractivity contribution is 0.0857. The largest absolute Gasteiger partial charge is 0.495 e. The van der Waals surface area contributed by atoms with Crippen LogP contribution in [0.25, 0.3) is 0 Å². The first-order valence-corrected chi connectivity index (χ1v) is 11.2. The van der Waals surface area contributed by atoms with Gasteiger partial charge in [0.15, 0.2) is 0 Å². The van der Waals surface area contributed by atoms with E-state index in [4.69, 9.17) is 9.47 Å². The Bertz CT molecular complexity index is 1000. The second-order valence-electron chi connectivity index (χ2n) is 6.87. The van der Waals surface area contributed by atoms with Gasteiger partial charge in [0.05, 0.1) is 30.3 Å². The fraction of sp³-hybridized carbons (Fsp3) is 0.318. The summed E-state index contributed by atoms with van der Waals surface area (Å²) >= 11 is 0. The predicted molar refractivity (Wildman–Crippen MR) is 115 cm³/mol. The number of carbonyl (C=O) groups is 1. The summed E-state index contributed by atoms with van der Waals surface area (Å²) in [5.74, 6) is 0.0866. The Labute approximate surface area is 177 Å². The van der Waals surface area contributed by atoms with Crippen LogP contribution in [0.15, 0.2) is 66.1 Å². The van der Waals surface area contributed by atoms with Crippen molar-refractivity contribution in [2.75, 3.05) is 31.1 Å². The quantitative estimate of drug-likeness (QED) is 0.618. The molecule has 1 amide bonds. The summed E-state index contributed by atoms with van der Waals surface area (Å²) in [7, 11) is -2.48. The number of hydrogen-bond acceptors (Lipinski definition) is 5. The van der Waals surface area contributed by atoms with Crippen molar-refractivity contribution in [3.63, 3.8) is 0 Å². The summed E-state index contributed by atoms with van der Waals surface area (Å²) in [6, 6.07) is 12.8. The average Bonchev–Trinajstić information content (AvgIpc) is 3.29. The van der Waals surface area contributed by atoms with Gasteiger partial charge in [-0.05, 0) is 43.2 Å². The fourth-order valence-electron chi connectivity index (χ4n) is 3.32. The minimum absolute atomic E-state index is 0.00879. The van der Waals surface area contributed by atoms with E-state index in [1.54, 1.807) is 36.4 Å². The molecule has 7 nitrogen and oxygen atoms in total. The molecule has 0 bridgehead atoms. The monoisotopic (exact) mass is 430 g/mol. The summed E-state index contributed by atoms with van der Waals surface area (Å²) < 4.78 is 38.9. The van der Waals surface area contributed by atoms with Crippen molar-refractivity contribution < 1.29 is 22.7 Å². The highest BCUT2D eigenvalue weighted by Gasteiger charge is 2.27. The molecule has 8 heteroatoms. The number of anilines is 1. The topological polar surface area (TPSA) is 84.9 Å². The van der Waals surface area contributed by atoms with Gasteiger partial charge >= 0.3 is 0 Å². The van der Waals surface area contributed by atoms with Crippen LogP contribution >= 0.6 is 0 Å². The van der Waals surface area contributed by atoms with Gasteiger partial charge in [0.2, 0.25) is 0 Å². The number of nitrogens with one attached hydrogen (secondary N) is 1. The summed E-state index contributed by atoms with van der Waals surface area (Å²) in [5.41, 5.74) is 0.667. The molecule has 30 heavy (non-hydrogen) atoms. The van der Waals surface area contributed by atoms with Gasteiger partial charge in [-0.25, -0.2) is 8.42 Å². The Kier molecular flexibility index (Phi) is 7.12. The molecule has 3 rings (SSSR count). The van der Waals surface area contributed by atoms with Crippen molar-refractivity contribution in [1.29, 1.82) is 0 Å². The third kappa shape index (κ3) is 4.83. The fourth-order valence-corrected chi connectivity index (χ4v) is 4.81. The Balaban J connectivity index is 1.87. The first-order chi connectivity index (χ1) is 14.5. The second-order valence-corrected chi connectivity index (χ2v) is 8.73. The van der Waals surface area contributed by atoms with Crippen LogP contribution in [0.1, 0.15) is 23.2 Å². The number of methoxy groups -OCH3 is 1. The van der Waals surface area contributed by atoms with Gasteiger partial charge in [-0.3, -0.25) is 9.10 Å². The summed E-state index contributed by atoms with van der Waals surface area (Å²) in [6.45, 7) is 4.83. The summed E-state index contributed by atoms with van der Waals surface area (Å²) in [5, 5.41) is 2.82. The highest BCUT2D eigenvalue weighted by molar-refractivity contribution is 7.92. The third-order valence-electron chi connectivity index (χ3n) is 4.85. The zero-order valence-corrected chi connectivity index (χ0v) is 17.7. The lowest BCUT2D eigenvalue weighted by Gasteiger charge is -2.25. The lowest BCUT2D eigenvalue weighted by atomic mass is 10.2. The van der Waals surface area contributed by atoms with Gasteiger partial charge in [0, 0.05) is 18.7 Å². The standard InChI is InChI=1S/C22H26N2O5S/c1-3-13-24(20-11-4-5-12-21(20)28-2)30(26,27)19-10-6-8-17(15-19)22(25)23-16-18-9-7-14-29-18/h3-6,8,10-12,15,18H,1,7,9,13-14,16H2,2H3,(H,23,25)/t18-/m1/s1. The van der Waals surface area contributed by atoms with Crippen LogP contribution in [0, 0.1) is 0 Å². The van der Waals surface area contributed by atoms with E-state index < -0.39 is 10.0 Å². The number of rotatable bonds is 9. The number of amides is 1. The van der Waals surface area contributed by atoms with E-state index >= 15 is 0 Å². The number of carbonyl (C=O) groups excluding carboxylic acids is 1. The van der Waals surface area contributed by atoms with Gasteiger partial charge in [-0.15, -0.1) is 6.58 Å². The minimum Gasteiger partial charge on any atom is -0.495 e. The third-order valence-corrected chi connectivity index (χ3v) is 6.62. The molecule has 1 N–H and O–H groups in total. The van der Waals surface area contributed by atoms with E-state index in [0.717, 1.165) is 12.8 Å². The Morgan fingerprint density at radius 1 is 1.30 bits per heavy atom. The highest BCUT2D eigenvalue weighted by Crippen LogP contribution is 2.32. The van der Waals surface area contributed by atoms with Crippen molar-refractivity contribution in [1.82, 2.24) is 5.32 Å². The number of para-hydroxylation sites is 2. The SMILES string of the molecule is C=CCN(c1ccccc1OC)S(=O)(=O)c1cccc(C(=O)NC[C@H]2CCCO2)c1. The summed E-state index contributed by atoms with van der Waals surface area (Å²) in [6.07, 6.45) is 3.40. The molecule has 1 fully saturated rings. The smallest absolute Gasteiger partial charge is 0.264 e. The van der Waals surface area contributed by atoms with E-state index in [1.807, 2.05) is 0 Å². The highest BCUT2D eigenvalue weighted by atomic mass is 32.2. The lowest BCUT2D eigenvalue weighted by Crippen LogP contribution is -2.33. The molecular formula is C22H26N2O5S. The van der Waals surface area contributed by atoms with Crippen molar-refractivity contribution in [3.8, 4) is 5.75 Å². The Morgan fingerprint density at radius 2 is 2.10 bits per heavy atom. The first kappa shape index (κ1) is 21.9. The number of hydrogen-bond donors (Lipinski definition) is 1. The van der Waals surface area contributed by atoms with Crippen LogP contribution in [-0.4, -0.2) is 47.2 Å². The molecule has 1 aliphatic heterocycles. The number of nitrogens with zero attached hydrogens (tertiary/aromatic N) is 1. The minimum atomic E-state index is -3.96. The Morgan fingerprint density at radius 3 is 2.80 bits per heavy atom. The normalized spacial score (nSPS) is 16.1. The molecule has 160 valence electrons. The van der Waals surface area contributed by atoms with Gasteiger partial charge in [0.1, 0.15) is 5.75 Å². The molecule has 0 aromatic heterocycles. The number of benzene rings is 2.